The first-order valence-corrected chi connectivity index (χ1v) is 9.19. The molecule has 146 valence electrons. The number of anilines is 2. The number of hydrogen-bond acceptors (Lipinski definition) is 4. The maximum Gasteiger partial charge on any atom is 0.250 e. The fourth-order valence-corrected chi connectivity index (χ4v) is 2.57. The van der Waals surface area contributed by atoms with Gasteiger partial charge in [-0.15, -0.1) is 0 Å². The third-order valence-corrected chi connectivity index (χ3v) is 3.87. The van der Waals surface area contributed by atoms with Crippen LogP contribution in [0.25, 0.3) is 6.08 Å². The maximum atomic E-state index is 12.0. The number of amides is 2. The van der Waals surface area contributed by atoms with E-state index >= 15 is 0 Å². The fraction of sp³-hybridized carbons (Fsp3) is 0.190. The highest BCUT2D eigenvalue weighted by Gasteiger charge is 2.05. The number of thiocarbonyl (C=S) groups is 1. The smallest absolute Gasteiger partial charge is 0.250 e. The van der Waals surface area contributed by atoms with Crippen molar-refractivity contribution in [1.82, 2.24) is 5.32 Å². The van der Waals surface area contributed by atoms with Crippen molar-refractivity contribution >= 4 is 46.6 Å². The second-order valence-corrected chi connectivity index (χ2v) is 6.40. The number of ether oxygens (including phenoxy) is 1. The number of hydrogen-bond donors (Lipinski definition) is 3. The Morgan fingerprint density at radius 1 is 1.11 bits per heavy atom. The van der Waals surface area contributed by atoms with E-state index in [9.17, 15) is 9.59 Å². The predicted octanol–water partition coefficient (Wildman–Crippen LogP) is 3.88. The van der Waals surface area contributed by atoms with Crippen LogP contribution in [0.5, 0.6) is 5.75 Å². The molecule has 2 aromatic rings. The highest BCUT2D eigenvalue weighted by atomic mass is 32.1. The van der Waals surface area contributed by atoms with Crippen LogP contribution in [-0.2, 0) is 9.59 Å². The van der Waals surface area contributed by atoms with Crippen molar-refractivity contribution in [1.29, 1.82) is 0 Å². The van der Waals surface area contributed by atoms with E-state index in [0.29, 0.717) is 18.0 Å². The van der Waals surface area contributed by atoms with Crippen molar-refractivity contribution in [2.24, 2.45) is 0 Å². The Morgan fingerprint density at radius 2 is 1.82 bits per heavy atom. The molecule has 0 saturated carbocycles. The molecule has 2 rings (SSSR count). The van der Waals surface area contributed by atoms with Gasteiger partial charge in [-0.1, -0.05) is 18.2 Å². The molecule has 0 aliphatic heterocycles. The molecule has 2 aromatic carbocycles. The minimum Gasteiger partial charge on any atom is -0.494 e. The van der Waals surface area contributed by atoms with E-state index in [1.807, 2.05) is 50.2 Å². The van der Waals surface area contributed by atoms with Gasteiger partial charge in [0, 0.05) is 24.4 Å². The molecule has 28 heavy (non-hydrogen) atoms. The summed E-state index contributed by atoms with van der Waals surface area (Å²) in [6, 6.07) is 12.8. The van der Waals surface area contributed by atoms with Crippen molar-refractivity contribution in [3.05, 3.63) is 59.7 Å². The average molecular weight is 398 g/mol. The zero-order valence-electron chi connectivity index (χ0n) is 16.0. The van der Waals surface area contributed by atoms with Crippen LogP contribution in [0.4, 0.5) is 11.4 Å². The molecular weight excluding hydrogens is 374 g/mol. The molecule has 0 aromatic heterocycles. The monoisotopic (exact) mass is 397 g/mol. The first-order chi connectivity index (χ1) is 13.4. The lowest BCUT2D eigenvalue weighted by atomic mass is 10.2. The summed E-state index contributed by atoms with van der Waals surface area (Å²) in [5, 5.41) is 8.43. The number of benzene rings is 2. The first-order valence-electron chi connectivity index (χ1n) is 8.78. The van der Waals surface area contributed by atoms with Gasteiger partial charge in [0.2, 0.25) is 11.8 Å². The van der Waals surface area contributed by atoms with Crippen molar-refractivity contribution in [3.63, 3.8) is 0 Å². The third-order valence-electron chi connectivity index (χ3n) is 3.66. The molecule has 0 aliphatic rings. The zero-order chi connectivity index (χ0) is 20.5. The Balaban J connectivity index is 1.91. The van der Waals surface area contributed by atoms with Gasteiger partial charge in [0.05, 0.1) is 6.61 Å². The molecule has 0 bridgehead atoms. The van der Waals surface area contributed by atoms with Crippen LogP contribution in [0, 0.1) is 6.92 Å². The highest BCUT2D eigenvalue weighted by molar-refractivity contribution is 7.80. The van der Waals surface area contributed by atoms with E-state index in [2.05, 4.69) is 16.0 Å². The van der Waals surface area contributed by atoms with Gasteiger partial charge in [0.25, 0.3) is 0 Å². The van der Waals surface area contributed by atoms with Crippen LogP contribution in [0.2, 0.25) is 0 Å². The number of nitrogens with one attached hydrogen (secondary N) is 3. The van der Waals surface area contributed by atoms with E-state index in [4.69, 9.17) is 17.0 Å². The Labute approximate surface area is 170 Å². The first kappa shape index (κ1) is 21.1. The minimum absolute atomic E-state index is 0.157. The summed E-state index contributed by atoms with van der Waals surface area (Å²) in [5.41, 5.74) is 3.14. The summed E-state index contributed by atoms with van der Waals surface area (Å²) < 4.78 is 5.38. The van der Waals surface area contributed by atoms with Gasteiger partial charge >= 0.3 is 0 Å². The summed E-state index contributed by atoms with van der Waals surface area (Å²) in [6.45, 7) is 5.86. The number of aryl methyl sites for hydroxylation is 1. The van der Waals surface area contributed by atoms with Gasteiger partial charge in [0.15, 0.2) is 5.11 Å². The second-order valence-electron chi connectivity index (χ2n) is 5.99. The standard InChI is InChI=1S/C21H23N3O3S/c1-4-27-18-10-6-16(7-11-18)8-12-20(26)24-21(28)23-17-9-5-14(2)19(13-17)22-15(3)25/h5-13H,4H2,1-3H3,(H,22,25)(H2,23,24,26,28)/b12-8+. The molecule has 0 fully saturated rings. The lowest BCUT2D eigenvalue weighted by Crippen LogP contribution is -2.32. The fourth-order valence-electron chi connectivity index (χ4n) is 2.35. The van der Waals surface area contributed by atoms with Crippen molar-refractivity contribution in [2.45, 2.75) is 20.8 Å². The van der Waals surface area contributed by atoms with Crippen molar-refractivity contribution in [3.8, 4) is 5.75 Å². The number of rotatable bonds is 6. The van der Waals surface area contributed by atoms with E-state index in [1.54, 1.807) is 12.1 Å². The van der Waals surface area contributed by atoms with Crippen LogP contribution < -0.4 is 20.7 Å². The Hall–Kier alpha value is -3.19. The van der Waals surface area contributed by atoms with Crippen LogP contribution in [0.1, 0.15) is 25.0 Å². The van der Waals surface area contributed by atoms with Crippen molar-refractivity contribution in [2.75, 3.05) is 17.2 Å². The van der Waals surface area contributed by atoms with E-state index in [0.717, 1.165) is 16.9 Å². The molecule has 7 heteroatoms. The molecule has 2 amide bonds. The van der Waals surface area contributed by atoms with Crippen LogP contribution in [-0.4, -0.2) is 23.5 Å². The van der Waals surface area contributed by atoms with Gasteiger partial charge in [-0.3, -0.25) is 14.9 Å². The predicted molar refractivity (Wildman–Crippen MR) is 116 cm³/mol. The highest BCUT2D eigenvalue weighted by Crippen LogP contribution is 2.20. The number of carbonyl (C=O) groups is 2. The largest absolute Gasteiger partial charge is 0.494 e. The molecular formula is C21H23N3O3S. The molecule has 0 heterocycles. The second kappa shape index (κ2) is 10.2. The lowest BCUT2D eigenvalue weighted by Gasteiger charge is -2.12. The molecule has 0 unspecified atom stereocenters. The molecule has 0 atom stereocenters. The minimum atomic E-state index is -0.347. The molecule has 6 nitrogen and oxygen atoms in total. The normalized spacial score (nSPS) is 10.4. The molecule has 0 radical (unpaired) electrons. The molecule has 3 N–H and O–H groups in total. The van der Waals surface area contributed by atoms with Gasteiger partial charge in [-0.25, -0.2) is 0 Å². The third kappa shape index (κ3) is 6.85. The van der Waals surface area contributed by atoms with Gasteiger partial charge in [-0.2, -0.15) is 0 Å². The zero-order valence-corrected chi connectivity index (χ0v) is 16.9. The Kier molecular flexibility index (Phi) is 7.71. The van der Waals surface area contributed by atoms with Crippen LogP contribution >= 0.6 is 12.2 Å². The maximum absolute atomic E-state index is 12.0. The summed E-state index contributed by atoms with van der Waals surface area (Å²) in [4.78, 5) is 23.3. The van der Waals surface area contributed by atoms with Gasteiger partial charge in [-0.05, 0) is 67.5 Å². The van der Waals surface area contributed by atoms with E-state index < -0.39 is 0 Å². The summed E-state index contributed by atoms with van der Waals surface area (Å²) in [7, 11) is 0. The van der Waals surface area contributed by atoms with Crippen LogP contribution in [0.3, 0.4) is 0 Å². The Bertz CT molecular complexity index is 892. The molecule has 0 aliphatic carbocycles. The topological polar surface area (TPSA) is 79.5 Å². The Morgan fingerprint density at radius 3 is 2.46 bits per heavy atom. The summed E-state index contributed by atoms with van der Waals surface area (Å²) >= 11 is 5.17. The van der Waals surface area contributed by atoms with Gasteiger partial charge < -0.3 is 15.4 Å². The van der Waals surface area contributed by atoms with Crippen LogP contribution in [0.15, 0.2) is 48.5 Å². The lowest BCUT2D eigenvalue weighted by molar-refractivity contribution is -0.115. The average Bonchev–Trinajstić information content (AvgIpc) is 2.63. The van der Waals surface area contributed by atoms with Crippen molar-refractivity contribution < 1.29 is 14.3 Å². The molecule has 0 spiro atoms. The van der Waals surface area contributed by atoms with E-state index in [1.165, 1.54) is 13.0 Å². The molecule has 0 saturated heterocycles. The SMILES string of the molecule is CCOc1ccc(/C=C/C(=O)NC(=S)Nc2ccc(C)c(NC(C)=O)c2)cc1. The van der Waals surface area contributed by atoms with E-state index in [-0.39, 0.29) is 16.9 Å². The summed E-state index contributed by atoms with van der Waals surface area (Å²) in [5.74, 6) is 0.280. The summed E-state index contributed by atoms with van der Waals surface area (Å²) in [6.07, 6.45) is 3.09. The quantitative estimate of drug-likeness (QED) is 0.509. The number of carbonyl (C=O) groups excluding carboxylic acids is 2. The van der Waals surface area contributed by atoms with Gasteiger partial charge in [0.1, 0.15) is 5.75 Å².